The molecule has 0 amide bonds. The molecule has 0 aliphatic carbocycles. The number of benzene rings is 1. The molecule has 2 saturated heterocycles. The number of sulfonamides is 1. The van der Waals surface area contributed by atoms with E-state index in [4.69, 9.17) is 4.74 Å². The van der Waals surface area contributed by atoms with E-state index in [0.29, 0.717) is 13.0 Å². The van der Waals surface area contributed by atoms with Crippen LogP contribution in [0.2, 0.25) is 0 Å². The van der Waals surface area contributed by atoms with Crippen molar-refractivity contribution in [2.45, 2.75) is 95.3 Å². The number of hydrogen-bond donors (Lipinski definition) is 1. The van der Waals surface area contributed by atoms with Crippen LogP contribution in [0.15, 0.2) is 29.2 Å². The number of likely N-dealkylation sites (tertiary alicyclic amines) is 1. The Kier molecular flexibility index (Phi) is 7.46. The van der Waals surface area contributed by atoms with E-state index in [1.807, 2.05) is 13.8 Å². The number of esters is 1. The second-order valence-corrected chi connectivity index (χ2v) is 12.8. The summed E-state index contributed by atoms with van der Waals surface area (Å²) in [5.74, 6) is -0.578. The number of nitrogens with zero attached hydrogens (tertiary/aromatic N) is 2. The molecule has 9 nitrogen and oxygen atoms in total. The number of carbonyl (C=O) groups is 1. The number of nitrogens with one attached hydrogen (secondary N) is 1. The molecule has 2 aliphatic rings. The van der Waals surface area contributed by atoms with E-state index in [-0.39, 0.29) is 28.9 Å². The highest BCUT2D eigenvalue weighted by Gasteiger charge is 2.47. The summed E-state index contributed by atoms with van der Waals surface area (Å²) < 4.78 is 35.2. The minimum Gasteiger partial charge on any atom is -0.460 e. The van der Waals surface area contributed by atoms with E-state index in [1.165, 1.54) is 24.3 Å². The number of rotatable bonds is 8. The van der Waals surface area contributed by atoms with Gasteiger partial charge < -0.3 is 4.74 Å². The Morgan fingerprint density at radius 3 is 2.29 bits per heavy atom. The molecule has 2 heterocycles. The monoisotopic (exact) mass is 495 g/mol. The molecule has 190 valence electrons. The first-order valence-electron chi connectivity index (χ1n) is 11.9. The Morgan fingerprint density at radius 2 is 1.76 bits per heavy atom. The lowest BCUT2D eigenvalue weighted by Crippen LogP contribution is -2.63. The maximum absolute atomic E-state index is 13.4. The van der Waals surface area contributed by atoms with Crippen molar-refractivity contribution in [2.75, 3.05) is 6.54 Å². The highest BCUT2D eigenvalue weighted by molar-refractivity contribution is 7.89. The fourth-order valence-corrected chi connectivity index (χ4v) is 6.91. The molecule has 3 rings (SSSR count). The molecule has 0 bridgehead atoms. The van der Waals surface area contributed by atoms with Gasteiger partial charge in [0, 0.05) is 23.7 Å². The summed E-state index contributed by atoms with van der Waals surface area (Å²) in [6, 6.07) is 4.53. The Hall–Kier alpha value is -2.04. The van der Waals surface area contributed by atoms with E-state index in [1.54, 1.807) is 0 Å². The van der Waals surface area contributed by atoms with Gasteiger partial charge in [-0.05, 0) is 65.4 Å². The first-order valence-corrected chi connectivity index (χ1v) is 13.4. The zero-order valence-corrected chi connectivity index (χ0v) is 21.7. The predicted molar refractivity (Wildman–Crippen MR) is 129 cm³/mol. The van der Waals surface area contributed by atoms with Crippen LogP contribution < -0.4 is 4.72 Å². The van der Waals surface area contributed by atoms with E-state index in [0.717, 1.165) is 19.3 Å². The van der Waals surface area contributed by atoms with Crippen LogP contribution >= 0.6 is 0 Å². The molecule has 1 aromatic rings. The van der Waals surface area contributed by atoms with Crippen LogP contribution in [0, 0.1) is 22.0 Å². The topological polar surface area (TPSA) is 119 Å². The lowest BCUT2D eigenvalue weighted by molar-refractivity contribution is -0.387. The molecular formula is C24H37N3O6S. The number of carbonyl (C=O) groups excluding carboxylic acids is 1. The van der Waals surface area contributed by atoms with Gasteiger partial charge in [0.05, 0.1) is 16.9 Å². The molecule has 34 heavy (non-hydrogen) atoms. The number of hydrogen-bond acceptors (Lipinski definition) is 7. The summed E-state index contributed by atoms with van der Waals surface area (Å²) in [5.41, 5.74) is -0.870. The Balaban J connectivity index is 1.99. The van der Waals surface area contributed by atoms with Gasteiger partial charge in [-0.2, -0.15) is 0 Å². The average Bonchev–Trinajstić information content (AvgIpc) is 3.11. The van der Waals surface area contributed by atoms with E-state index >= 15 is 0 Å². The number of nitro groups is 1. The summed E-state index contributed by atoms with van der Waals surface area (Å²) in [5, 5.41) is 11.5. The number of cyclic esters (lactones) is 1. The summed E-state index contributed by atoms with van der Waals surface area (Å²) in [6.07, 6.45) is 2.72. The number of para-hydroxylation sites is 1. The minimum absolute atomic E-state index is 0.0628. The molecule has 2 fully saturated rings. The van der Waals surface area contributed by atoms with Gasteiger partial charge in [0.1, 0.15) is 6.10 Å². The quantitative estimate of drug-likeness (QED) is 0.330. The second kappa shape index (κ2) is 9.54. The van der Waals surface area contributed by atoms with Crippen molar-refractivity contribution in [2.24, 2.45) is 11.8 Å². The molecular weight excluding hydrogens is 458 g/mol. The number of piperidine rings is 1. The molecule has 0 radical (unpaired) electrons. The van der Waals surface area contributed by atoms with Crippen LogP contribution in [-0.2, 0) is 19.6 Å². The van der Waals surface area contributed by atoms with Crippen molar-refractivity contribution in [1.82, 2.24) is 9.62 Å². The maximum Gasteiger partial charge on any atom is 0.309 e. The fourth-order valence-electron chi connectivity index (χ4n) is 5.48. The predicted octanol–water partition coefficient (Wildman–Crippen LogP) is 3.87. The third-order valence-electron chi connectivity index (χ3n) is 7.39. The Labute approximate surface area is 202 Å². The smallest absolute Gasteiger partial charge is 0.309 e. The van der Waals surface area contributed by atoms with Crippen LogP contribution in [0.1, 0.15) is 67.2 Å². The van der Waals surface area contributed by atoms with Crippen molar-refractivity contribution in [3.8, 4) is 0 Å². The molecule has 0 saturated carbocycles. The van der Waals surface area contributed by atoms with Crippen LogP contribution in [0.5, 0.6) is 0 Å². The zero-order valence-electron chi connectivity index (χ0n) is 20.9. The summed E-state index contributed by atoms with van der Waals surface area (Å²) >= 11 is 0. The van der Waals surface area contributed by atoms with Crippen molar-refractivity contribution >= 4 is 21.7 Å². The van der Waals surface area contributed by atoms with Crippen LogP contribution in [-0.4, -0.2) is 54.0 Å². The van der Waals surface area contributed by atoms with Crippen LogP contribution in [0.3, 0.4) is 0 Å². The van der Waals surface area contributed by atoms with Crippen molar-refractivity contribution in [3.63, 3.8) is 0 Å². The summed E-state index contributed by atoms with van der Waals surface area (Å²) in [6.45, 7) is 12.8. The number of nitro benzene ring substituents is 1. The van der Waals surface area contributed by atoms with Gasteiger partial charge in [0.2, 0.25) is 10.0 Å². The summed E-state index contributed by atoms with van der Waals surface area (Å²) in [4.78, 5) is 25.2. The molecule has 10 heteroatoms. The van der Waals surface area contributed by atoms with Crippen LogP contribution in [0.25, 0.3) is 0 Å². The lowest BCUT2D eigenvalue weighted by Gasteiger charge is -2.54. The summed E-state index contributed by atoms with van der Waals surface area (Å²) in [7, 11) is -4.26. The van der Waals surface area contributed by atoms with E-state index in [2.05, 4.69) is 37.3 Å². The first kappa shape index (κ1) is 26.6. The minimum atomic E-state index is -4.26. The molecule has 1 aromatic carbocycles. The largest absolute Gasteiger partial charge is 0.460 e. The van der Waals surface area contributed by atoms with Gasteiger partial charge in [0.25, 0.3) is 5.69 Å². The highest BCUT2D eigenvalue weighted by atomic mass is 32.2. The zero-order chi connectivity index (χ0) is 25.5. The molecule has 1 N–H and O–H groups in total. The molecule has 2 aliphatic heterocycles. The van der Waals surface area contributed by atoms with Gasteiger partial charge in [-0.3, -0.25) is 19.8 Å². The SMILES string of the molecule is CC(C)[C@@H]1C[C@@H](C(CN2C(C)(C)CCCC2(C)C)NS(=O)(=O)c2ccccc2[N+](=O)[O-])OC1=O. The third kappa shape index (κ3) is 5.44. The van der Waals surface area contributed by atoms with Gasteiger partial charge in [0.15, 0.2) is 4.90 Å². The third-order valence-corrected chi connectivity index (χ3v) is 8.92. The lowest BCUT2D eigenvalue weighted by atomic mass is 9.79. The first-order chi connectivity index (χ1) is 15.7. The average molecular weight is 496 g/mol. The van der Waals surface area contributed by atoms with Gasteiger partial charge in [-0.1, -0.05) is 26.0 Å². The van der Waals surface area contributed by atoms with Gasteiger partial charge in [-0.25, -0.2) is 13.1 Å². The second-order valence-electron chi connectivity index (χ2n) is 11.1. The van der Waals surface area contributed by atoms with Crippen LogP contribution in [0.4, 0.5) is 5.69 Å². The normalized spacial score (nSPS) is 25.8. The number of ether oxygens (including phenoxy) is 1. The van der Waals surface area contributed by atoms with E-state index in [9.17, 15) is 23.3 Å². The molecule has 3 atom stereocenters. The van der Waals surface area contributed by atoms with Gasteiger partial charge >= 0.3 is 5.97 Å². The molecule has 0 spiro atoms. The Morgan fingerprint density at radius 1 is 1.18 bits per heavy atom. The molecule has 1 unspecified atom stereocenters. The molecule has 0 aromatic heterocycles. The van der Waals surface area contributed by atoms with Crippen molar-refractivity contribution in [3.05, 3.63) is 34.4 Å². The maximum atomic E-state index is 13.4. The van der Waals surface area contributed by atoms with Crippen molar-refractivity contribution < 1.29 is 22.9 Å². The Bertz CT molecular complexity index is 1020. The van der Waals surface area contributed by atoms with Gasteiger partial charge in [-0.15, -0.1) is 0 Å². The fraction of sp³-hybridized carbons (Fsp3) is 0.708. The van der Waals surface area contributed by atoms with E-state index < -0.39 is 37.7 Å². The standard InChI is InChI=1S/C24H37N3O6S/c1-16(2)17-14-20(33-22(17)28)18(15-26-23(3,4)12-9-13-24(26,5)6)25-34(31,32)21-11-8-7-10-19(21)27(29)30/h7-8,10-11,16-18,20,25H,9,12-15H2,1-6H3/t17-,18?,20-/m0/s1. The van der Waals surface area contributed by atoms with Crippen molar-refractivity contribution in [1.29, 1.82) is 0 Å². The highest BCUT2D eigenvalue weighted by Crippen LogP contribution is 2.39.